The fourth-order valence-electron chi connectivity index (χ4n) is 3.07. The van der Waals surface area contributed by atoms with Gasteiger partial charge in [0, 0.05) is 48.9 Å². The van der Waals surface area contributed by atoms with Crippen LogP contribution in [0.5, 0.6) is 0 Å². The summed E-state index contributed by atoms with van der Waals surface area (Å²) in [7, 11) is 0. The second kappa shape index (κ2) is 7.54. The SMILES string of the molecule is Cc1ccc(C(=O)N2CCN(Cc3c(F)cccc3Cl)CC2)cc1C. The quantitative estimate of drug-likeness (QED) is 0.824. The molecule has 0 bridgehead atoms. The largest absolute Gasteiger partial charge is 0.336 e. The van der Waals surface area contributed by atoms with Crippen LogP contribution in [-0.2, 0) is 6.54 Å². The summed E-state index contributed by atoms with van der Waals surface area (Å²) in [6.45, 7) is 7.22. The summed E-state index contributed by atoms with van der Waals surface area (Å²) in [6.07, 6.45) is 0. The molecule has 1 saturated heterocycles. The molecule has 2 aromatic carbocycles. The average molecular weight is 361 g/mol. The van der Waals surface area contributed by atoms with E-state index in [9.17, 15) is 9.18 Å². The number of halogens is 2. The number of rotatable bonds is 3. The van der Waals surface area contributed by atoms with E-state index in [0.29, 0.717) is 43.3 Å². The van der Waals surface area contributed by atoms with Crippen molar-refractivity contribution in [2.75, 3.05) is 26.2 Å². The zero-order chi connectivity index (χ0) is 18.0. The van der Waals surface area contributed by atoms with Crippen LogP contribution < -0.4 is 0 Å². The summed E-state index contributed by atoms with van der Waals surface area (Å²) in [5.74, 6) is -0.215. The number of carbonyl (C=O) groups excluding carboxylic acids is 1. The van der Waals surface area contributed by atoms with Crippen LogP contribution in [0.15, 0.2) is 36.4 Å². The third-order valence-electron chi connectivity index (χ3n) is 4.86. The topological polar surface area (TPSA) is 23.6 Å². The Bertz CT molecular complexity index is 765. The van der Waals surface area contributed by atoms with Gasteiger partial charge in [-0.15, -0.1) is 0 Å². The van der Waals surface area contributed by atoms with Gasteiger partial charge in [0.1, 0.15) is 5.82 Å². The Morgan fingerprint density at radius 2 is 1.80 bits per heavy atom. The van der Waals surface area contributed by atoms with Crippen molar-refractivity contribution in [2.45, 2.75) is 20.4 Å². The Labute approximate surface area is 153 Å². The molecule has 0 N–H and O–H groups in total. The average Bonchev–Trinajstić information content (AvgIpc) is 2.61. The van der Waals surface area contributed by atoms with Crippen LogP contribution in [0.3, 0.4) is 0 Å². The number of carbonyl (C=O) groups is 1. The Hall–Kier alpha value is -1.91. The van der Waals surface area contributed by atoms with Crippen molar-refractivity contribution in [2.24, 2.45) is 0 Å². The van der Waals surface area contributed by atoms with Gasteiger partial charge < -0.3 is 4.90 Å². The number of hydrogen-bond donors (Lipinski definition) is 0. The first-order chi connectivity index (χ1) is 12.0. The molecule has 1 amide bonds. The van der Waals surface area contributed by atoms with E-state index in [4.69, 9.17) is 11.6 Å². The maximum absolute atomic E-state index is 13.9. The molecule has 1 heterocycles. The van der Waals surface area contributed by atoms with E-state index in [1.165, 1.54) is 11.6 Å². The summed E-state index contributed by atoms with van der Waals surface area (Å²) < 4.78 is 13.9. The molecule has 1 aliphatic heterocycles. The third kappa shape index (κ3) is 4.02. The van der Waals surface area contributed by atoms with Crippen molar-refractivity contribution in [3.05, 3.63) is 69.5 Å². The van der Waals surface area contributed by atoms with Crippen LogP contribution in [0.1, 0.15) is 27.0 Å². The molecule has 2 aromatic rings. The maximum atomic E-state index is 13.9. The summed E-state index contributed by atoms with van der Waals surface area (Å²) in [5.41, 5.74) is 3.56. The lowest BCUT2D eigenvalue weighted by molar-refractivity contribution is 0.0627. The van der Waals surface area contributed by atoms with E-state index >= 15 is 0 Å². The highest BCUT2D eigenvalue weighted by Crippen LogP contribution is 2.22. The zero-order valence-corrected chi connectivity index (χ0v) is 15.3. The Kier molecular flexibility index (Phi) is 5.40. The van der Waals surface area contributed by atoms with E-state index in [-0.39, 0.29) is 11.7 Å². The monoisotopic (exact) mass is 360 g/mol. The van der Waals surface area contributed by atoms with Crippen molar-refractivity contribution in [3.8, 4) is 0 Å². The van der Waals surface area contributed by atoms with Crippen molar-refractivity contribution < 1.29 is 9.18 Å². The normalized spacial score (nSPS) is 15.4. The maximum Gasteiger partial charge on any atom is 0.253 e. The van der Waals surface area contributed by atoms with Gasteiger partial charge in [-0.1, -0.05) is 23.7 Å². The molecule has 0 unspecified atom stereocenters. The molecular formula is C20H22ClFN2O. The van der Waals surface area contributed by atoms with Crippen LogP contribution in [-0.4, -0.2) is 41.9 Å². The van der Waals surface area contributed by atoms with Crippen LogP contribution in [0.4, 0.5) is 4.39 Å². The minimum atomic E-state index is -0.277. The number of benzene rings is 2. The number of piperazine rings is 1. The smallest absolute Gasteiger partial charge is 0.253 e. The Morgan fingerprint density at radius 1 is 1.08 bits per heavy atom. The van der Waals surface area contributed by atoms with Crippen molar-refractivity contribution in [1.82, 2.24) is 9.80 Å². The van der Waals surface area contributed by atoms with Crippen molar-refractivity contribution in [3.63, 3.8) is 0 Å². The molecule has 3 rings (SSSR count). The number of hydrogen-bond acceptors (Lipinski definition) is 2. The lowest BCUT2D eigenvalue weighted by Crippen LogP contribution is -2.48. The fraction of sp³-hybridized carbons (Fsp3) is 0.350. The molecule has 1 aliphatic rings. The van der Waals surface area contributed by atoms with E-state index in [1.807, 2.05) is 36.9 Å². The van der Waals surface area contributed by atoms with Gasteiger partial charge >= 0.3 is 0 Å². The lowest BCUT2D eigenvalue weighted by atomic mass is 10.1. The van der Waals surface area contributed by atoms with E-state index in [0.717, 1.165) is 11.1 Å². The molecule has 132 valence electrons. The predicted octanol–water partition coefficient (Wildman–Crippen LogP) is 4.05. The summed E-state index contributed by atoms with van der Waals surface area (Å²) in [6, 6.07) is 10.6. The van der Waals surface area contributed by atoms with Gasteiger partial charge in [-0.25, -0.2) is 4.39 Å². The Balaban J connectivity index is 1.61. The number of nitrogens with zero attached hydrogens (tertiary/aromatic N) is 2. The summed E-state index contributed by atoms with van der Waals surface area (Å²) >= 11 is 6.10. The van der Waals surface area contributed by atoms with Gasteiger partial charge in [-0.05, 0) is 49.2 Å². The molecule has 3 nitrogen and oxygen atoms in total. The first-order valence-electron chi connectivity index (χ1n) is 8.47. The van der Waals surface area contributed by atoms with Crippen LogP contribution in [0, 0.1) is 19.7 Å². The highest BCUT2D eigenvalue weighted by Gasteiger charge is 2.23. The van der Waals surface area contributed by atoms with Crippen molar-refractivity contribution in [1.29, 1.82) is 0 Å². The highest BCUT2D eigenvalue weighted by atomic mass is 35.5. The zero-order valence-electron chi connectivity index (χ0n) is 14.6. The fourth-order valence-corrected chi connectivity index (χ4v) is 3.30. The van der Waals surface area contributed by atoms with Gasteiger partial charge in [0.15, 0.2) is 0 Å². The molecule has 0 saturated carbocycles. The van der Waals surface area contributed by atoms with Gasteiger partial charge in [0.25, 0.3) is 5.91 Å². The highest BCUT2D eigenvalue weighted by molar-refractivity contribution is 6.31. The molecule has 0 aliphatic carbocycles. The number of amides is 1. The molecule has 1 fully saturated rings. The second-order valence-electron chi connectivity index (χ2n) is 6.57. The molecule has 0 aromatic heterocycles. The van der Waals surface area contributed by atoms with Crippen molar-refractivity contribution >= 4 is 17.5 Å². The first-order valence-corrected chi connectivity index (χ1v) is 8.85. The summed E-state index contributed by atoms with van der Waals surface area (Å²) in [4.78, 5) is 16.7. The van der Waals surface area contributed by atoms with Gasteiger partial charge in [0.2, 0.25) is 0 Å². The van der Waals surface area contributed by atoms with E-state index in [2.05, 4.69) is 4.90 Å². The molecule has 25 heavy (non-hydrogen) atoms. The second-order valence-corrected chi connectivity index (χ2v) is 6.97. The number of aryl methyl sites for hydroxylation is 2. The van der Waals surface area contributed by atoms with Gasteiger partial charge in [-0.3, -0.25) is 9.69 Å². The Morgan fingerprint density at radius 3 is 2.44 bits per heavy atom. The van der Waals surface area contributed by atoms with E-state index in [1.54, 1.807) is 12.1 Å². The standard InChI is InChI=1S/C20H22ClFN2O/c1-14-6-7-16(12-15(14)2)20(25)24-10-8-23(9-11-24)13-17-18(21)4-3-5-19(17)22/h3-7,12H,8-11,13H2,1-2H3. The van der Waals surface area contributed by atoms with Gasteiger partial charge in [0.05, 0.1) is 0 Å². The third-order valence-corrected chi connectivity index (χ3v) is 5.21. The van der Waals surface area contributed by atoms with Gasteiger partial charge in [-0.2, -0.15) is 0 Å². The van der Waals surface area contributed by atoms with E-state index < -0.39 is 0 Å². The van der Waals surface area contributed by atoms with Crippen LogP contribution in [0.2, 0.25) is 5.02 Å². The molecule has 5 heteroatoms. The lowest BCUT2D eigenvalue weighted by Gasteiger charge is -2.35. The summed E-state index contributed by atoms with van der Waals surface area (Å²) in [5, 5.41) is 0.452. The molecule has 0 radical (unpaired) electrons. The minimum absolute atomic E-state index is 0.0617. The molecule has 0 spiro atoms. The molecule has 0 atom stereocenters. The first kappa shape index (κ1) is 17.9. The molecular weight excluding hydrogens is 339 g/mol. The minimum Gasteiger partial charge on any atom is -0.336 e. The predicted molar refractivity (Wildman–Crippen MR) is 98.5 cm³/mol. The van der Waals surface area contributed by atoms with Crippen LogP contribution >= 0.6 is 11.6 Å². The van der Waals surface area contributed by atoms with Crippen LogP contribution in [0.25, 0.3) is 0 Å².